The van der Waals surface area contributed by atoms with Gasteiger partial charge in [-0.15, -0.1) is 0 Å². The number of phenolic OH excluding ortho intramolecular Hbond substituents is 1. The van der Waals surface area contributed by atoms with Crippen LogP contribution < -0.4 is 0 Å². The molecule has 8 heteroatoms. The number of halogens is 6. The number of carbonyl (C=O) groups excluding carboxylic acids is 1. The zero-order valence-corrected chi connectivity index (χ0v) is 10.5. The van der Waals surface area contributed by atoms with Crippen molar-refractivity contribution in [2.45, 2.75) is 6.18 Å². The highest BCUT2D eigenvalue weighted by molar-refractivity contribution is 6.12. The first-order valence-corrected chi connectivity index (χ1v) is 5.72. The molecule has 2 nitrogen and oxygen atoms in total. The van der Waals surface area contributed by atoms with E-state index in [2.05, 4.69) is 0 Å². The van der Waals surface area contributed by atoms with E-state index in [0.29, 0.717) is 12.1 Å². The van der Waals surface area contributed by atoms with E-state index in [9.17, 15) is 36.2 Å². The van der Waals surface area contributed by atoms with Crippen molar-refractivity contribution < 1.29 is 36.2 Å². The molecule has 0 unspecified atom stereocenters. The summed E-state index contributed by atoms with van der Waals surface area (Å²) in [4.78, 5) is 12.0. The molecule has 0 amide bonds. The highest BCUT2D eigenvalue weighted by atomic mass is 19.4. The summed E-state index contributed by atoms with van der Waals surface area (Å²) in [5, 5.41) is 9.42. The Morgan fingerprint density at radius 2 is 1.59 bits per heavy atom. The standard InChI is InChI=1S/C14H6F6O2/c15-8-3-1-2-6(11(8)17)12(21)10-7(14(18,19)20)4-5-9(16)13(10)22/h1-5,22H. The molecule has 0 atom stereocenters. The van der Waals surface area contributed by atoms with Crippen LogP contribution in [0.5, 0.6) is 5.75 Å². The quantitative estimate of drug-likeness (QED) is 0.669. The van der Waals surface area contributed by atoms with Gasteiger partial charge in [-0.1, -0.05) is 6.07 Å². The van der Waals surface area contributed by atoms with Gasteiger partial charge in [0.05, 0.1) is 16.7 Å². The molecule has 22 heavy (non-hydrogen) atoms. The van der Waals surface area contributed by atoms with E-state index in [4.69, 9.17) is 0 Å². The molecule has 0 aliphatic rings. The summed E-state index contributed by atoms with van der Waals surface area (Å²) in [5.74, 6) is -7.91. The normalized spacial score (nSPS) is 11.5. The molecule has 1 N–H and O–H groups in total. The number of hydrogen-bond donors (Lipinski definition) is 1. The van der Waals surface area contributed by atoms with Gasteiger partial charge in [0.1, 0.15) is 0 Å². The monoisotopic (exact) mass is 320 g/mol. The van der Waals surface area contributed by atoms with Crippen molar-refractivity contribution in [3.05, 3.63) is 64.5 Å². The lowest BCUT2D eigenvalue weighted by molar-refractivity contribution is -0.138. The second-order valence-electron chi connectivity index (χ2n) is 4.25. The summed E-state index contributed by atoms with van der Waals surface area (Å²) in [7, 11) is 0. The van der Waals surface area contributed by atoms with Gasteiger partial charge in [0.2, 0.25) is 5.78 Å². The van der Waals surface area contributed by atoms with Crippen LogP contribution >= 0.6 is 0 Å². The average molecular weight is 320 g/mol. The third-order valence-corrected chi connectivity index (χ3v) is 2.86. The van der Waals surface area contributed by atoms with Crippen LogP contribution in [-0.2, 0) is 6.18 Å². The molecular formula is C14H6F6O2. The van der Waals surface area contributed by atoms with Crippen LogP contribution in [0.2, 0.25) is 0 Å². The lowest BCUT2D eigenvalue weighted by Gasteiger charge is -2.14. The third-order valence-electron chi connectivity index (χ3n) is 2.86. The number of phenols is 1. The molecule has 116 valence electrons. The molecule has 0 aliphatic heterocycles. The summed E-state index contributed by atoms with van der Waals surface area (Å²) in [6, 6.07) is 2.83. The minimum absolute atomic E-state index is 0.236. The van der Waals surface area contributed by atoms with Crippen molar-refractivity contribution in [3.8, 4) is 5.75 Å². The molecule has 0 saturated heterocycles. The summed E-state index contributed by atoms with van der Waals surface area (Å²) in [5.41, 5.74) is -4.18. The van der Waals surface area contributed by atoms with Gasteiger partial charge in [-0.05, 0) is 24.3 Å². The van der Waals surface area contributed by atoms with Crippen LogP contribution in [0.4, 0.5) is 26.3 Å². The molecule has 0 aromatic heterocycles. The van der Waals surface area contributed by atoms with E-state index in [-0.39, 0.29) is 6.07 Å². The Morgan fingerprint density at radius 1 is 0.955 bits per heavy atom. The van der Waals surface area contributed by atoms with Gasteiger partial charge in [0, 0.05) is 0 Å². The molecule has 0 fully saturated rings. The largest absolute Gasteiger partial charge is 0.504 e. The molecular weight excluding hydrogens is 314 g/mol. The van der Waals surface area contributed by atoms with Gasteiger partial charge in [-0.3, -0.25) is 4.79 Å². The summed E-state index contributed by atoms with van der Waals surface area (Å²) in [6.45, 7) is 0. The number of hydrogen-bond acceptors (Lipinski definition) is 2. The molecule has 0 spiro atoms. The molecule has 2 aromatic rings. The van der Waals surface area contributed by atoms with E-state index >= 15 is 0 Å². The number of ketones is 1. The third kappa shape index (κ3) is 2.63. The van der Waals surface area contributed by atoms with Crippen molar-refractivity contribution in [1.82, 2.24) is 0 Å². The Bertz CT molecular complexity index is 752. The van der Waals surface area contributed by atoms with Crippen molar-refractivity contribution in [2.24, 2.45) is 0 Å². The van der Waals surface area contributed by atoms with Crippen molar-refractivity contribution in [2.75, 3.05) is 0 Å². The van der Waals surface area contributed by atoms with E-state index in [1.807, 2.05) is 0 Å². The highest BCUT2D eigenvalue weighted by Crippen LogP contribution is 2.38. The fourth-order valence-electron chi connectivity index (χ4n) is 1.85. The Labute approximate surface area is 119 Å². The Hall–Kier alpha value is -2.51. The number of carbonyl (C=O) groups is 1. The van der Waals surface area contributed by atoms with Crippen LogP contribution in [-0.4, -0.2) is 10.9 Å². The zero-order valence-electron chi connectivity index (χ0n) is 10.5. The second kappa shape index (κ2) is 5.36. The van der Waals surface area contributed by atoms with E-state index in [1.54, 1.807) is 0 Å². The predicted octanol–water partition coefficient (Wildman–Crippen LogP) is 4.06. The minimum Gasteiger partial charge on any atom is -0.504 e. The number of aromatic hydroxyl groups is 1. The van der Waals surface area contributed by atoms with Crippen LogP contribution in [0, 0.1) is 17.5 Å². The molecule has 0 aliphatic carbocycles. The first-order valence-electron chi connectivity index (χ1n) is 5.72. The average Bonchev–Trinajstić information content (AvgIpc) is 2.42. The lowest BCUT2D eigenvalue weighted by atomic mass is 9.96. The smallest absolute Gasteiger partial charge is 0.417 e. The fraction of sp³-hybridized carbons (Fsp3) is 0.0714. The minimum atomic E-state index is -5.10. The van der Waals surface area contributed by atoms with Gasteiger partial charge in [0.25, 0.3) is 0 Å². The predicted molar refractivity (Wildman–Crippen MR) is 62.9 cm³/mol. The number of rotatable bonds is 2. The summed E-state index contributed by atoms with van der Waals surface area (Å²) >= 11 is 0. The Morgan fingerprint density at radius 3 is 2.18 bits per heavy atom. The van der Waals surface area contributed by atoms with Crippen LogP contribution in [0.25, 0.3) is 0 Å². The van der Waals surface area contributed by atoms with Crippen LogP contribution in [0.3, 0.4) is 0 Å². The molecule has 2 rings (SSSR count). The lowest BCUT2D eigenvalue weighted by Crippen LogP contribution is -2.16. The zero-order chi connectivity index (χ0) is 16.7. The Balaban J connectivity index is 2.73. The molecule has 2 aromatic carbocycles. The van der Waals surface area contributed by atoms with E-state index in [0.717, 1.165) is 12.1 Å². The molecule has 0 radical (unpaired) electrons. The first kappa shape index (κ1) is 15.9. The summed E-state index contributed by atoms with van der Waals surface area (Å²) < 4.78 is 78.5. The fourth-order valence-corrected chi connectivity index (χ4v) is 1.85. The maximum absolute atomic E-state index is 13.5. The van der Waals surface area contributed by atoms with Gasteiger partial charge >= 0.3 is 6.18 Å². The molecule has 0 saturated carbocycles. The Kier molecular flexibility index (Phi) is 3.87. The van der Waals surface area contributed by atoms with Crippen molar-refractivity contribution >= 4 is 5.78 Å². The second-order valence-corrected chi connectivity index (χ2v) is 4.25. The highest BCUT2D eigenvalue weighted by Gasteiger charge is 2.38. The van der Waals surface area contributed by atoms with Gasteiger partial charge in [-0.2, -0.15) is 13.2 Å². The van der Waals surface area contributed by atoms with Crippen LogP contribution in [0.15, 0.2) is 30.3 Å². The topological polar surface area (TPSA) is 37.3 Å². The van der Waals surface area contributed by atoms with Crippen molar-refractivity contribution in [3.63, 3.8) is 0 Å². The van der Waals surface area contributed by atoms with Crippen LogP contribution in [0.1, 0.15) is 21.5 Å². The van der Waals surface area contributed by atoms with E-state index in [1.165, 1.54) is 0 Å². The van der Waals surface area contributed by atoms with Crippen molar-refractivity contribution in [1.29, 1.82) is 0 Å². The maximum Gasteiger partial charge on any atom is 0.417 e. The number of benzene rings is 2. The summed E-state index contributed by atoms with van der Waals surface area (Å²) in [6.07, 6.45) is -5.10. The van der Waals surface area contributed by atoms with Gasteiger partial charge in [-0.25, -0.2) is 13.2 Å². The molecule has 0 heterocycles. The SMILES string of the molecule is O=C(c1cccc(F)c1F)c1c(C(F)(F)F)ccc(F)c1O. The van der Waals surface area contributed by atoms with Gasteiger partial charge < -0.3 is 5.11 Å². The van der Waals surface area contributed by atoms with Gasteiger partial charge in [0.15, 0.2) is 23.2 Å². The molecule has 0 bridgehead atoms. The number of alkyl halides is 3. The maximum atomic E-state index is 13.5. The first-order chi connectivity index (χ1) is 10.1. The van der Waals surface area contributed by atoms with E-state index < -0.39 is 51.9 Å².